The minimum atomic E-state index is -0.209. The van der Waals surface area contributed by atoms with E-state index in [1.54, 1.807) is 0 Å². The van der Waals surface area contributed by atoms with E-state index in [1.165, 1.54) is 6.20 Å². The summed E-state index contributed by atoms with van der Waals surface area (Å²) in [5.41, 5.74) is 1.62. The lowest BCUT2D eigenvalue weighted by Gasteiger charge is -2.40. The van der Waals surface area contributed by atoms with Gasteiger partial charge in [-0.3, -0.25) is 9.89 Å². The second-order valence-electron chi connectivity index (χ2n) is 6.50. The maximum atomic E-state index is 12.5. The van der Waals surface area contributed by atoms with Crippen LogP contribution in [0.25, 0.3) is 22.4 Å². The number of carbonyl (C=O) groups is 1. The zero-order chi connectivity index (χ0) is 16.6. The van der Waals surface area contributed by atoms with E-state index in [9.17, 15) is 9.90 Å². The number of amides is 1. The van der Waals surface area contributed by atoms with Gasteiger partial charge in [-0.1, -0.05) is 24.6 Å². The number of aromatic nitrogens is 2. The monoisotopic (exact) mass is 325 g/mol. The molecular weight excluding hydrogens is 306 g/mol. The lowest BCUT2D eigenvalue weighted by atomic mass is 9.69. The Morgan fingerprint density at radius 1 is 1.38 bits per heavy atom. The number of hydrogen-bond acceptors (Lipinski definition) is 4. The van der Waals surface area contributed by atoms with Crippen molar-refractivity contribution in [3.05, 3.63) is 42.1 Å². The van der Waals surface area contributed by atoms with Crippen molar-refractivity contribution in [1.82, 2.24) is 15.5 Å². The summed E-state index contributed by atoms with van der Waals surface area (Å²) in [7, 11) is 0. The standard InChI is InChI=1S/C18H19N3O3/c22-11-18(6-3-7-18)10-19-17(23)13-9-20-21-16(13)15-8-12-4-1-2-5-14(12)24-15/h1-2,4-5,8-9,22H,3,6-7,10-11H2,(H,19,23)(H,20,21). The number of hydrogen-bond donors (Lipinski definition) is 3. The zero-order valence-corrected chi connectivity index (χ0v) is 13.2. The van der Waals surface area contributed by atoms with Crippen LogP contribution in [0, 0.1) is 5.41 Å². The topological polar surface area (TPSA) is 91.1 Å². The Bertz CT molecular complexity index is 838. The number of H-pyrrole nitrogens is 1. The van der Waals surface area contributed by atoms with Crippen LogP contribution in [0.3, 0.4) is 0 Å². The molecule has 1 saturated carbocycles. The number of aromatic amines is 1. The summed E-state index contributed by atoms with van der Waals surface area (Å²) in [5, 5.41) is 20.2. The summed E-state index contributed by atoms with van der Waals surface area (Å²) in [5.74, 6) is 0.373. The van der Waals surface area contributed by atoms with Crippen molar-refractivity contribution in [2.24, 2.45) is 5.41 Å². The van der Waals surface area contributed by atoms with E-state index in [0.29, 0.717) is 23.6 Å². The maximum Gasteiger partial charge on any atom is 0.255 e. The van der Waals surface area contributed by atoms with Crippen LogP contribution in [0.15, 0.2) is 40.9 Å². The second kappa shape index (κ2) is 5.79. The predicted molar refractivity (Wildman–Crippen MR) is 89.5 cm³/mol. The molecule has 1 aromatic carbocycles. The molecule has 1 amide bonds. The summed E-state index contributed by atoms with van der Waals surface area (Å²) in [6, 6.07) is 9.58. The molecule has 6 nitrogen and oxygen atoms in total. The van der Waals surface area contributed by atoms with Gasteiger partial charge in [0.15, 0.2) is 5.76 Å². The Hall–Kier alpha value is -2.60. The number of furan rings is 1. The molecular formula is C18H19N3O3. The molecule has 3 aromatic rings. The number of aliphatic hydroxyl groups excluding tert-OH is 1. The molecule has 0 unspecified atom stereocenters. The molecule has 4 rings (SSSR count). The van der Waals surface area contributed by atoms with Crippen molar-refractivity contribution in [3.63, 3.8) is 0 Å². The highest BCUT2D eigenvalue weighted by atomic mass is 16.3. The fourth-order valence-corrected chi connectivity index (χ4v) is 3.18. The molecule has 0 aliphatic heterocycles. The fourth-order valence-electron chi connectivity index (χ4n) is 3.18. The van der Waals surface area contributed by atoms with E-state index in [-0.39, 0.29) is 17.9 Å². The van der Waals surface area contributed by atoms with Gasteiger partial charge >= 0.3 is 0 Å². The Labute approximate surface area is 138 Å². The molecule has 6 heteroatoms. The summed E-state index contributed by atoms with van der Waals surface area (Å²) in [6.45, 7) is 0.585. The van der Waals surface area contributed by atoms with Crippen LogP contribution in [-0.2, 0) is 0 Å². The normalized spacial score (nSPS) is 16.0. The number of para-hydroxylation sites is 1. The minimum Gasteiger partial charge on any atom is -0.454 e. The van der Waals surface area contributed by atoms with Crippen molar-refractivity contribution in [1.29, 1.82) is 0 Å². The van der Waals surface area contributed by atoms with Gasteiger partial charge in [0.2, 0.25) is 0 Å². The molecule has 0 spiro atoms. The molecule has 0 radical (unpaired) electrons. The number of carbonyl (C=O) groups excluding carboxylic acids is 1. The van der Waals surface area contributed by atoms with Gasteiger partial charge in [-0.25, -0.2) is 0 Å². The third-order valence-electron chi connectivity index (χ3n) is 4.93. The van der Waals surface area contributed by atoms with Crippen molar-refractivity contribution < 1.29 is 14.3 Å². The average molecular weight is 325 g/mol. The molecule has 1 aliphatic rings. The third kappa shape index (κ3) is 2.49. The van der Waals surface area contributed by atoms with E-state index < -0.39 is 0 Å². The largest absolute Gasteiger partial charge is 0.454 e. The van der Waals surface area contributed by atoms with Gasteiger partial charge in [0, 0.05) is 17.3 Å². The number of nitrogens with zero attached hydrogens (tertiary/aromatic N) is 1. The van der Waals surface area contributed by atoms with Gasteiger partial charge < -0.3 is 14.8 Å². The van der Waals surface area contributed by atoms with Gasteiger partial charge in [-0.2, -0.15) is 5.10 Å². The first kappa shape index (κ1) is 15.0. The van der Waals surface area contributed by atoms with Gasteiger partial charge in [0.1, 0.15) is 11.3 Å². The van der Waals surface area contributed by atoms with Gasteiger partial charge in [-0.05, 0) is 25.0 Å². The zero-order valence-electron chi connectivity index (χ0n) is 13.2. The van der Waals surface area contributed by atoms with Gasteiger partial charge in [0.05, 0.1) is 18.4 Å². The van der Waals surface area contributed by atoms with Crippen molar-refractivity contribution >= 4 is 16.9 Å². The molecule has 3 N–H and O–H groups in total. The molecule has 0 saturated heterocycles. The number of nitrogens with one attached hydrogen (secondary N) is 2. The SMILES string of the molecule is O=C(NCC1(CO)CCC1)c1cn[nH]c1-c1cc2ccccc2o1. The van der Waals surface area contributed by atoms with Crippen LogP contribution in [0.5, 0.6) is 0 Å². The van der Waals surface area contributed by atoms with Crippen molar-refractivity contribution in [3.8, 4) is 11.5 Å². The van der Waals surface area contributed by atoms with Crippen LogP contribution >= 0.6 is 0 Å². The number of aliphatic hydroxyl groups is 1. The molecule has 124 valence electrons. The smallest absolute Gasteiger partial charge is 0.255 e. The fraction of sp³-hybridized carbons (Fsp3) is 0.333. The van der Waals surface area contributed by atoms with Crippen molar-refractivity contribution in [2.45, 2.75) is 19.3 Å². The highest BCUT2D eigenvalue weighted by molar-refractivity contribution is 6.00. The molecule has 24 heavy (non-hydrogen) atoms. The Morgan fingerprint density at radius 2 is 2.21 bits per heavy atom. The number of fused-ring (bicyclic) bond motifs is 1. The summed E-state index contributed by atoms with van der Waals surface area (Å²) >= 11 is 0. The summed E-state index contributed by atoms with van der Waals surface area (Å²) < 4.78 is 5.81. The van der Waals surface area contributed by atoms with Crippen LogP contribution < -0.4 is 5.32 Å². The molecule has 0 atom stereocenters. The molecule has 0 bridgehead atoms. The Balaban J connectivity index is 1.56. The second-order valence-corrected chi connectivity index (χ2v) is 6.50. The van der Waals surface area contributed by atoms with Gasteiger partial charge in [0.25, 0.3) is 5.91 Å². The molecule has 2 aromatic heterocycles. The highest BCUT2D eigenvalue weighted by Gasteiger charge is 2.36. The first-order chi connectivity index (χ1) is 11.7. The Kier molecular flexibility index (Phi) is 3.61. The lowest BCUT2D eigenvalue weighted by Crippen LogP contribution is -2.44. The van der Waals surface area contributed by atoms with Crippen LogP contribution in [0.2, 0.25) is 0 Å². The minimum absolute atomic E-state index is 0.106. The maximum absolute atomic E-state index is 12.5. The van der Waals surface area contributed by atoms with Crippen LogP contribution in [-0.4, -0.2) is 34.4 Å². The van der Waals surface area contributed by atoms with Crippen molar-refractivity contribution in [2.75, 3.05) is 13.2 Å². The molecule has 1 aliphatic carbocycles. The number of rotatable bonds is 5. The Morgan fingerprint density at radius 3 is 2.92 bits per heavy atom. The number of benzene rings is 1. The quantitative estimate of drug-likeness (QED) is 0.672. The van der Waals surface area contributed by atoms with E-state index in [4.69, 9.17) is 4.42 Å². The van der Waals surface area contributed by atoms with E-state index in [0.717, 1.165) is 30.2 Å². The van der Waals surface area contributed by atoms with Gasteiger partial charge in [-0.15, -0.1) is 0 Å². The first-order valence-electron chi connectivity index (χ1n) is 8.12. The lowest BCUT2D eigenvalue weighted by molar-refractivity contribution is 0.0429. The molecule has 2 heterocycles. The van der Waals surface area contributed by atoms with E-state index in [1.807, 2.05) is 30.3 Å². The third-order valence-corrected chi connectivity index (χ3v) is 4.93. The van der Waals surface area contributed by atoms with Crippen LogP contribution in [0.1, 0.15) is 29.6 Å². The highest BCUT2D eigenvalue weighted by Crippen LogP contribution is 2.39. The van der Waals surface area contributed by atoms with Crippen LogP contribution in [0.4, 0.5) is 0 Å². The predicted octanol–water partition coefficient (Wildman–Crippen LogP) is 2.72. The molecule has 1 fully saturated rings. The first-order valence-corrected chi connectivity index (χ1v) is 8.12. The van der Waals surface area contributed by atoms with E-state index >= 15 is 0 Å². The summed E-state index contributed by atoms with van der Waals surface area (Å²) in [4.78, 5) is 12.5. The summed E-state index contributed by atoms with van der Waals surface area (Å²) in [6.07, 6.45) is 4.51. The average Bonchev–Trinajstić information content (AvgIpc) is 3.20. The van der Waals surface area contributed by atoms with E-state index in [2.05, 4.69) is 15.5 Å².